The molecular weight excluding hydrogens is 406 g/mol. The fourth-order valence-corrected chi connectivity index (χ4v) is 3.75. The van der Waals surface area contributed by atoms with Gasteiger partial charge in [0.05, 0.1) is 4.91 Å². The number of thioether (sulfide) groups is 1. The summed E-state index contributed by atoms with van der Waals surface area (Å²) in [5.41, 5.74) is 1.75. The van der Waals surface area contributed by atoms with E-state index in [1.165, 1.54) is 0 Å². The first kappa shape index (κ1) is 19.4. The zero-order valence-electron chi connectivity index (χ0n) is 13.9. The van der Waals surface area contributed by atoms with Crippen LogP contribution in [-0.2, 0) is 16.2 Å². The minimum Gasteiger partial charge on any atom is -0.489 e. The van der Waals surface area contributed by atoms with Gasteiger partial charge >= 0.3 is 5.97 Å². The van der Waals surface area contributed by atoms with Crippen LogP contribution in [0, 0.1) is 0 Å². The van der Waals surface area contributed by atoms with Crippen LogP contribution in [0.25, 0.3) is 6.08 Å². The summed E-state index contributed by atoms with van der Waals surface area (Å²) in [4.78, 5) is 24.6. The third kappa shape index (κ3) is 5.09. The third-order valence-corrected chi connectivity index (χ3v) is 5.27. The summed E-state index contributed by atoms with van der Waals surface area (Å²) in [6, 6.07) is 14.7. The van der Waals surface area contributed by atoms with Gasteiger partial charge < -0.3 is 9.84 Å². The van der Waals surface area contributed by atoms with E-state index in [4.69, 9.17) is 33.7 Å². The van der Waals surface area contributed by atoms with Crippen LogP contribution in [0.3, 0.4) is 0 Å². The molecule has 0 atom stereocenters. The molecule has 0 radical (unpaired) electrons. The van der Waals surface area contributed by atoms with Gasteiger partial charge in [-0.15, -0.1) is 0 Å². The van der Waals surface area contributed by atoms with Gasteiger partial charge in [-0.3, -0.25) is 14.5 Å². The van der Waals surface area contributed by atoms with E-state index in [1.807, 2.05) is 30.3 Å². The number of halogens is 1. The van der Waals surface area contributed by atoms with E-state index >= 15 is 0 Å². The molecule has 0 bridgehead atoms. The number of thiocarbonyl (C=S) groups is 1. The van der Waals surface area contributed by atoms with Gasteiger partial charge in [-0.05, 0) is 41.5 Å². The topological polar surface area (TPSA) is 66.8 Å². The Morgan fingerprint density at radius 1 is 1.26 bits per heavy atom. The van der Waals surface area contributed by atoms with E-state index in [2.05, 4.69) is 0 Å². The zero-order valence-corrected chi connectivity index (χ0v) is 16.3. The molecule has 0 unspecified atom stereocenters. The Balaban J connectivity index is 1.71. The number of carboxylic acid groups (broad SMARTS) is 1. The molecule has 27 heavy (non-hydrogen) atoms. The number of carbonyl (C=O) groups excluding carboxylic acids is 1. The van der Waals surface area contributed by atoms with E-state index < -0.39 is 18.4 Å². The number of ether oxygens (including phenoxy) is 1. The average molecular weight is 420 g/mol. The van der Waals surface area contributed by atoms with Crippen LogP contribution in [0.5, 0.6) is 5.75 Å². The van der Waals surface area contributed by atoms with E-state index in [0.717, 1.165) is 27.8 Å². The second-order valence-corrected chi connectivity index (χ2v) is 7.76. The molecular formula is C19H14ClNO4S2. The lowest BCUT2D eigenvalue weighted by atomic mass is 10.2. The van der Waals surface area contributed by atoms with Crippen molar-refractivity contribution < 1.29 is 19.4 Å². The summed E-state index contributed by atoms with van der Waals surface area (Å²) in [6.07, 6.45) is 1.68. The number of amides is 1. The summed E-state index contributed by atoms with van der Waals surface area (Å²) in [5.74, 6) is -0.857. The Morgan fingerprint density at radius 3 is 2.70 bits per heavy atom. The zero-order chi connectivity index (χ0) is 19.4. The summed E-state index contributed by atoms with van der Waals surface area (Å²) < 4.78 is 6.02. The lowest BCUT2D eigenvalue weighted by molar-refractivity contribution is -0.140. The molecule has 0 saturated carbocycles. The van der Waals surface area contributed by atoms with Crippen LogP contribution in [0.4, 0.5) is 0 Å². The number of carbonyl (C=O) groups is 2. The summed E-state index contributed by atoms with van der Waals surface area (Å²) >= 11 is 12.0. The van der Waals surface area contributed by atoms with Crippen molar-refractivity contribution in [2.45, 2.75) is 6.61 Å². The molecule has 1 saturated heterocycles. The molecule has 1 aliphatic rings. The highest BCUT2D eigenvalue weighted by Gasteiger charge is 2.33. The molecule has 1 amide bonds. The molecule has 0 aromatic heterocycles. The minimum absolute atomic E-state index is 0.240. The van der Waals surface area contributed by atoms with Crippen molar-refractivity contribution in [3.8, 4) is 5.75 Å². The van der Waals surface area contributed by atoms with Crippen LogP contribution in [0.1, 0.15) is 11.1 Å². The van der Waals surface area contributed by atoms with Gasteiger partial charge in [-0.2, -0.15) is 0 Å². The van der Waals surface area contributed by atoms with E-state index in [0.29, 0.717) is 22.3 Å². The first-order valence-electron chi connectivity index (χ1n) is 7.87. The first-order valence-corrected chi connectivity index (χ1v) is 9.47. The number of aliphatic carboxylic acids is 1. The molecule has 5 nitrogen and oxygen atoms in total. The van der Waals surface area contributed by atoms with Crippen molar-refractivity contribution in [3.05, 3.63) is 69.6 Å². The quantitative estimate of drug-likeness (QED) is 0.559. The second-order valence-electron chi connectivity index (χ2n) is 5.65. The Labute approximate surface area is 170 Å². The fourth-order valence-electron chi connectivity index (χ4n) is 2.36. The van der Waals surface area contributed by atoms with Crippen molar-refractivity contribution in [1.82, 2.24) is 4.90 Å². The van der Waals surface area contributed by atoms with E-state index in [1.54, 1.807) is 24.3 Å². The van der Waals surface area contributed by atoms with Gasteiger partial charge in [-0.25, -0.2) is 0 Å². The largest absolute Gasteiger partial charge is 0.489 e. The van der Waals surface area contributed by atoms with E-state index in [-0.39, 0.29) is 4.32 Å². The van der Waals surface area contributed by atoms with Gasteiger partial charge in [-0.1, -0.05) is 59.8 Å². The van der Waals surface area contributed by atoms with Crippen molar-refractivity contribution in [1.29, 1.82) is 0 Å². The van der Waals surface area contributed by atoms with Crippen molar-refractivity contribution >= 4 is 57.9 Å². The van der Waals surface area contributed by atoms with E-state index in [9.17, 15) is 9.59 Å². The molecule has 1 heterocycles. The van der Waals surface area contributed by atoms with Crippen LogP contribution in [0.15, 0.2) is 53.4 Å². The maximum atomic E-state index is 12.3. The van der Waals surface area contributed by atoms with Gasteiger partial charge in [0.25, 0.3) is 5.91 Å². The van der Waals surface area contributed by atoms with Crippen molar-refractivity contribution in [2.24, 2.45) is 0 Å². The number of nitrogens with zero attached hydrogens (tertiary/aromatic N) is 1. The predicted octanol–water partition coefficient (Wildman–Crippen LogP) is 4.20. The SMILES string of the molecule is O=C(O)CN1C(=O)/C(=C\c2cccc(OCc3ccc(Cl)cc3)c2)SC1=S. The number of rotatable bonds is 6. The van der Waals surface area contributed by atoms with Crippen molar-refractivity contribution in [2.75, 3.05) is 6.54 Å². The molecule has 1 aliphatic heterocycles. The average Bonchev–Trinajstić information content (AvgIpc) is 2.89. The Hall–Kier alpha value is -2.35. The fraction of sp³-hybridized carbons (Fsp3) is 0.105. The normalized spacial score (nSPS) is 15.4. The summed E-state index contributed by atoms with van der Waals surface area (Å²) in [6.45, 7) is -0.0480. The Morgan fingerprint density at radius 2 is 2.00 bits per heavy atom. The number of hydrogen-bond acceptors (Lipinski definition) is 5. The molecule has 138 valence electrons. The molecule has 2 aromatic rings. The molecule has 3 rings (SSSR count). The van der Waals surface area contributed by atoms with Crippen LogP contribution >= 0.6 is 35.6 Å². The van der Waals surface area contributed by atoms with Gasteiger partial charge in [0.15, 0.2) is 0 Å². The van der Waals surface area contributed by atoms with Crippen molar-refractivity contribution in [3.63, 3.8) is 0 Å². The third-order valence-electron chi connectivity index (χ3n) is 3.64. The lowest BCUT2D eigenvalue weighted by Crippen LogP contribution is -2.33. The number of carboxylic acids is 1. The van der Waals surface area contributed by atoms with Gasteiger partial charge in [0.2, 0.25) is 0 Å². The summed E-state index contributed by atoms with van der Waals surface area (Å²) in [7, 11) is 0. The lowest BCUT2D eigenvalue weighted by Gasteiger charge is -2.10. The smallest absolute Gasteiger partial charge is 0.323 e. The molecule has 8 heteroatoms. The maximum Gasteiger partial charge on any atom is 0.323 e. The number of hydrogen-bond donors (Lipinski definition) is 1. The Bertz CT molecular complexity index is 928. The highest BCUT2D eigenvalue weighted by atomic mass is 35.5. The second kappa shape index (κ2) is 8.56. The highest BCUT2D eigenvalue weighted by molar-refractivity contribution is 8.26. The Kier molecular flexibility index (Phi) is 6.15. The predicted molar refractivity (Wildman–Crippen MR) is 110 cm³/mol. The van der Waals surface area contributed by atoms with Crippen LogP contribution in [-0.4, -0.2) is 32.7 Å². The minimum atomic E-state index is -1.11. The molecule has 0 aliphatic carbocycles. The molecule has 1 N–H and O–H groups in total. The molecule has 0 spiro atoms. The summed E-state index contributed by atoms with van der Waals surface area (Å²) in [5, 5.41) is 9.55. The van der Waals surface area contributed by atoms with Crippen LogP contribution < -0.4 is 4.74 Å². The maximum absolute atomic E-state index is 12.3. The standard InChI is InChI=1S/C19H14ClNO4S2/c20-14-6-4-12(5-7-14)11-25-15-3-1-2-13(8-15)9-16-18(24)21(10-17(22)23)19(26)27-16/h1-9H,10-11H2,(H,22,23)/b16-9+. The molecule has 2 aromatic carbocycles. The van der Waals surface area contributed by atoms with Gasteiger partial charge in [0.1, 0.15) is 23.2 Å². The van der Waals surface area contributed by atoms with Gasteiger partial charge in [0, 0.05) is 5.02 Å². The molecule has 1 fully saturated rings. The monoisotopic (exact) mass is 419 g/mol. The number of benzene rings is 2. The first-order chi connectivity index (χ1) is 12.9. The van der Waals surface area contributed by atoms with Crippen LogP contribution in [0.2, 0.25) is 5.02 Å². The highest BCUT2D eigenvalue weighted by Crippen LogP contribution is 2.32.